The van der Waals surface area contributed by atoms with Crippen LogP contribution in [0.15, 0.2) is 24.3 Å². The summed E-state index contributed by atoms with van der Waals surface area (Å²) in [5.41, 5.74) is 2.22. The Kier molecular flexibility index (Phi) is 3.41. The number of aliphatic carboxylic acids is 1. The first-order valence-electron chi connectivity index (χ1n) is 4.34. The molecular formula is C10H11NO4. The van der Waals surface area contributed by atoms with Crippen molar-refractivity contribution in [3.05, 3.63) is 29.8 Å². The molecule has 3 N–H and O–H groups in total. The standard InChI is InChI=1S/C10H11NO4/c1-6(10(13)14)9(12)7-4-2-3-5-8(7)11-15/h2-6,11,15H,1H3,(H,13,14). The molecule has 1 aromatic carbocycles. The molecule has 0 aromatic heterocycles. The fourth-order valence-corrected chi connectivity index (χ4v) is 1.14. The molecule has 5 heteroatoms. The number of para-hydroxylation sites is 1. The Balaban J connectivity index is 3.05. The van der Waals surface area contributed by atoms with Gasteiger partial charge in [-0.3, -0.25) is 20.3 Å². The van der Waals surface area contributed by atoms with Crippen LogP contribution < -0.4 is 5.48 Å². The number of carbonyl (C=O) groups excluding carboxylic acids is 1. The number of Topliss-reactive ketones (excluding diaryl/α,β-unsaturated/α-hetero) is 1. The van der Waals surface area contributed by atoms with Crippen molar-refractivity contribution in [3.63, 3.8) is 0 Å². The summed E-state index contributed by atoms with van der Waals surface area (Å²) < 4.78 is 0. The van der Waals surface area contributed by atoms with E-state index in [0.29, 0.717) is 0 Å². The largest absolute Gasteiger partial charge is 0.481 e. The lowest BCUT2D eigenvalue weighted by molar-refractivity contribution is -0.139. The van der Waals surface area contributed by atoms with Gasteiger partial charge < -0.3 is 5.11 Å². The first-order valence-corrected chi connectivity index (χ1v) is 4.34. The van der Waals surface area contributed by atoms with Gasteiger partial charge in [0.25, 0.3) is 0 Å². The molecule has 0 aliphatic carbocycles. The lowest BCUT2D eigenvalue weighted by Gasteiger charge is -2.09. The van der Waals surface area contributed by atoms with E-state index in [0.717, 1.165) is 0 Å². The maximum Gasteiger partial charge on any atom is 0.314 e. The van der Waals surface area contributed by atoms with Crippen molar-refractivity contribution in [1.29, 1.82) is 0 Å². The van der Waals surface area contributed by atoms with Crippen LogP contribution in [-0.4, -0.2) is 22.1 Å². The number of anilines is 1. The van der Waals surface area contributed by atoms with Crippen LogP contribution in [0.2, 0.25) is 0 Å². The second kappa shape index (κ2) is 4.56. The predicted octanol–water partition coefficient (Wildman–Crippen LogP) is 1.39. The average molecular weight is 209 g/mol. The molecule has 15 heavy (non-hydrogen) atoms. The number of benzene rings is 1. The van der Waals surface area contributed by atoms with Crippen LogP contribution in [0.5, 0.6) is 0 Å². The Morgan fingerprint density at radius 3 is 2.47 bits per heavy atom. The van der Waals surface area contributed by atoms with Crippen molar-refractivity contribution < 1.29 is 19.9 Å². The predicted molar refractivity (Wildman–Crippen MR) is 53.0 cm³/mol. The zero-order valence-corrected chi connectivity index (χ0v) is 8.10. The smallest absolute Gasteiger partial charge is 0.314 e. The molecule has 1 aromatic rings. The summed E-state index contributed by atoms with van der Waals surface area (Å²) in [5.74, 6) is -2.85. The number of carbonyl (C=O) groups is 2. The number of carboxylic acids is 1. The lowest BCUT2D eigenvalue weighted by Crippen LogP contribution is -2.21. The Labute approximate surface area is 86.3 Å². The van der Waals surface area contributed by atoms with Gasteiger partial charge in [-0.25, -0.2) is 0 Å². The molecule has 0 bridgehead atoms. The molecule has 1 rings (SSSR count). The van der Waals surface area contributed by atoms with Crippen molar-refractivity contribution in [2.75, 3.05) is 5.48 Å². The Hall–Kier alpha value is -1.88. The van der Waals surface area contributed by atoms with Crippen molar-refractivity contribution in [2.45, 2.75) is 6.92 Å². The molecule has 0 amide bonds. The van der Waals surface area contributed by atoms with E-state index in [4.69, 9.17) is 10.3 Å². The van der Waals surface area contributed by atoms with E-state index in [1.165, 1.54) is 19.1 Å². The van der Waals surface area contributed by atoms with Crippen LogP contribution in [-0.2, 0) is 4.79 Å². The molecule has 0 radical (unpaired) electrons. The Morgan fingerprint density at radius 1 is 1.33 bits per heavy atom. The second-order valence-electron chi connectivity index (χ2n) is 3.08. The number of rotatable bonds is 4. The summed E-state index contributed by atoms with van der Waals surface area (Å²) >= 11 is 0. The molecule has 0 aliphatic rings. The van der Waals surface area contributed by atoms with Gasteiger partial charge in [0.15, 0.2) is 5.78 Å². The van der Waals surface area contributed by atoms with Crippen LogP contribution in [0.4, 0.5) is 5.69 Å². The third-order valence-electron chi connectivity index (χ3n) is 2.08. The van der Waals surface area contributed by atoms with Gasteiger partial charge >= 0.3 is 5.97 Å². The maximum atomic E-state index is 11.6. The molecule has 0 fully saturated rings. The molecule has 1 unspecified atom stereocenters. The third kappa shape index (κ3) is 2.32. The highest BCUT2D eigenvalue weighted by atomic mass is 16.5. The number of nitrogens with one attached hydrogen (secondary N) is 1. The van der Waals surface area contributed by atoms with E-state index < -0.39 is 17.7 Å². The summed E-state index contributed by atoms with van der Waals surface area (Å²) in [6, 6.07) is 6.17. The van der Waals surface area contributed by atoms with Gasteiger partial charge in [-0.05, 0) is 19.1 Å². The van der Waals surface area contributed by atoms with E-state index in [-0.39, 0.29) is 11.3 Å². The van der Waals surface area contributed by atoms with Crippen LogP contribution in [0, 0.1) is 5.92 Å². The van der Waals surface area contributed by atoms with Crippen LogP contribution in [0.1, 0.15) is 17.3 Å². The van der Waals surface area contributed by atoms with Gasteiger partial charge in [-0.15, -0.1) is 0 Å². The summed E-state index contributed by atoms with van der Waals surface area (Å²) in [6.45, 7) is 1.30. The number of hydrogen-bond acceptors (Lipinski definition) is 4. The zero-order chi connectivity index (χ0) is 11.4. The fourth-order valence-electron chi connectivity index (χ4n) is 1.14. The molecule has 80 valence electrons. The molecule has 0 aliphatic heterocycles. The topological polar surface area (TPSA) is 86.6 Å². The minimum absolute atomic E-state index is 0.162. The normalized spacial score (nSPS) is 11.9. The number of carboxylic acid groups (broad SMARTS) is 1. The molecule has 0 saturated carbocycles. The quantitative estimate of drug-likeness (QED) is 0.396. The number of ketones is 1. The first-order chi connectivity index (χ1) is 7.07. The lowest BCUT2D eigenvalue weighted by atomic mass is 9.98. The monoisotopic (exact) mass is 209 g/mol. The Morgan fingerprint density at radius 2 is 1.93 bits per heavy atom. The minimum atomic E-state index is -1.19. The zero-order valence-electron chi connectivity index (χ0n) is 8.10. The summed E-state index contributed by atoms with van der Waals surface area (Å²) in [6.07, 6.45) is 0. The van der Waals surface area contributed by atoms with Crippen molar-refractivity contribution >= 4 is 17.4 Å². The molecule has 0 heterocycles. The highest BCUT2D eigenvalue weighted by Gasteiger charge is 2.23. The third-order valence-corrected chi connectivity index (χ3v) is 2.08. The van der Waals surface area contributed by atoms with Gasteiger partial charge in [0.1, 0.15) is 5.92 Å². The average Bonchev–Trinajstić information content (AvgIpc) is 2.26. The summed E-state index contributed by atoms with van der Waals surface area (Å²) in [5, 5.41) is 17.4. The molecule has 0 saturated heterocycles. The van der Waals surface area contributed by atoms with Crippen molar-refractivity contribution in [2.24, 2.45) is 5.92 Å². The van der Waals surface area contributed by atoms with E-state index >= 15 is 0 Å². The van der Waals surface area contributed by atoms with Gasteiger partial charge in [0, 0.05) is 5.56 Å². The maximum absolute atomic E-state index is 11.6. The van der Waals surface area contributed by atoms with E-state index in [1.807, 2.05) is 5.48 Å². The van der Waals surface area contributed by atoms with E-state index in [1.54, 1.807) is 12.1 Å². The van der Waals surface area contributed by atoms with E-state index in [2.05, 4.69) is 0 Å². The van der Waals surface area contributed by atoms with Crippen LogP contribution in [0.3, 0.4) is 0 Å². The highest BCUT2D eigenvalue weighted by Crippen LogP contribution is 2.18. The van der Waals surface area contributed by atoms with Crippen LogP contribution in [0.25, 0.3) is 0 Å². The van der Waals surface area contributed by atoms with Crippen molar-refractivity contribution in [3.8, 4) is 0 Å². The van der Waals surface area contributed by atoms with Gasteiger partial charge in [0.2, 0.25) is 0 Å². The molecule has 0 spiro atoms. The fraction of sp³-hybridized carbons (Fsp3) is 0.200. The van der Waals surface area contributed by atoms with Crippen LogP contribution >= 0.6 is 0 Å². The first kappa shape index (κ1) is 11.2. The molecular weight excluding hydrogens is 198 g/mol. The minimum Gasteiger partial charge on any atom is -0.481 e. The second-order valence-corrected chi connectivity index (χ2v) is 3.08. The van der Waals surface area contributed by atoms with Gasteiger partial charge in [0.05, 0.1) is 5.69 Å². The van der Waals surface area contributed by atoms with E-state index in [9.17, 15) is 9.59 Å². The Bertz CT molecular complexity index is 389. The highest BCUT2D eigenvalue weighted by molar-refractivity contribution is 6.10. The van der Waals surface area contributed by atoms with Gasteiger partial charge in [-0.2, -0.15) is 0 Å². The summed E-state index contributed by atoms with van der Waals surface area (Å²) in [4.78, 5) is 22.2. The SMILES string of the molecule is CC(C(=O)O)C(=O)c1ccccc1NO. The van der Waals surface area contributed by atoms with Gasteiger partial charge in [-0.1, -0.05) is 12.1 Å². The molecule has 5 nitrogen and oxygen atoms in total. The summed E-state index contributed by atoms with van der Waals surface area (Å²) in [7, 11) is 0. The molecule has 1 atom stereocenters. The number of hydrogen-bond donors (Lipinski definition) is 3. The van der Waals surface area contributed by atoms with Crippen molar-refractivity contribution in [1.82, 2.24) is 0 Å².